The Kier molecular flexibility index (Phi) is 23.4. The van der Waals surface area contributed by atoms with Gasteiger partial charge >= 0.3 is 0 Å². The minimum atomic E-state index is -1.56. The van der Waals surface area contributed by atoms with Crippen LogP contribution in [0, 0.1) is 0 Å². The van der Waals surface area contributed by atoms with Gasteiger partial charge in [0.25, 0.3) is 0 Å². The van der Waals surface area contributed by atoms with E-state index in [0.717, 1.165) is 44.9 Å². The number of carbonyl (C=O) groups is 1. The number of amides is 1. The van der Waals surface area contributed by atoms with E-state index in [2.05, 4.69) is 19.2 Å². The van der Waals surface area contributed by atoms with E-state index in [9.17, 15) is 30.3 Å². The molecule has 7 atom stereocenters. The fourth-order valence-electron chi connectivity index (χ4n) is 5.27. The molecule has 1 fully saturated rings. The molecule has 1 saturated heterocycles. The Bertz CT molecular complexity index is 676. The summed E-state index contributed by atoms with van der Waals surface area (Å²) in [5, 5.41) is 53.3. The first-order valence-electron chi connectivity index (χ1n) is 16.9. The van der Waals surface area contributed by atoms with Crippen molar-refractivity contribution in [2.75, 3.05) is 13.2 Å². The first-order valence-corrected chi connectivity index (χ1v) is 16.9. The molecule has 1 rings (SSSR count). The molecule has 0 spiro atoms. The third kappa shape index (κ3) is 17.3. The monoisotopic (exact) mass is 601 g/mol. The molecule has 9 heteroatoms. The smallest absolute Gasteiger partial charge is 0.220 e. The second-order valence-corrected chi connectivity index (χ2v) is 12.0. The van der Waals surface area contributed by atoms with Crippen molar-refractivity contribution in [1.29, 1.82) is 0 Å². The highest BCUT2D eigenvalue weighted by atomic mass is 16.7. The Balaban J connectivity index is 2.39. The normalized spacial score (nSPS) is 24.2. The highest BCUT2D eigenvalue weighted by Crippen LogP contribution is 2.22. The van der Waals surface area contributed by atoms with Crippen LogP contribution < -0.4 is 5.32 Å². The van der Waals surface area contributed by atoms with Crippen molar-refractivity contribution in [3.63, 3.8) is 0 Å². The number of ether oxygens (including phenoxy) is 2. The summed E-state index contributed by atoms with van der Waals surface area (Å²) < 4.78 is 11.0. The van der Waals surface area contributed by atoms with Crippen molar-refractivity contribution in [2.45, 2.75) is 179 Å². The predicted molar refractivity (Wildman–Crippen MR) is 166 cm³/mol. The molecule has 7 unspecified atom stereocenters. The lowest BCUT2D eigenvalue weighted by Gasteiger charge is -2.40. The SMILES string of the molecule is CCCCC/C=C/C(O)C(COC1OC(CO)C(O)C(O)C1O)NC(=O)CCCCCCCCCCCCCCCC. The van der Waals surface area contributed by atoms with E-state index in [0.29, 0.717) is 6.42 Å². The summed E-state index contributed by atoms with van der Waals surface area (Å²) >= 11 is 0. The number of carbonyl (C=O) groups excluding carboxylic acids is 1. The zero-order valence-electron chi connectivity index (χ0n) is 26.5. The molecular formula is C33H63NO8. The van der Waals surface area contributed by atoms with E-state index in [-0.39, 0.29) is 12.5 Å². The van der Waals surface area contributed by atoms with Crippen molar-refractivity contribution in [2.24, 2.45) is 0 Å². The highest BCUT2D eigenvalue weighted by molar-refractivity contribution is 5.76. The summed E-state index contributed by atoms with van der Waals surface area (Å²) in [6, 6.07) is -0.793. The first kappa shape index (κ1) is 39.0. The van der Waals surface area contributed by atoms with Crippen LogP contribution in [0.25, 0.3) is 0 Å². The molecule has 0 radical (unpaired) electrons. The van der Waals surface area contributed by atoms with Crippen LogP contribution >= 0.6 is 0 Å². The van der Waals surface area contributed by atoms with E-state index < -0.39 is 49.5 Å². The molecule has 1 aliphatic heterocycles. The topological polar surface area (TPSA) is 149 Å². The van der Waals surface area contributed by atoms with E-state index >= 15 is 0 Å². The van der Waals surface area contributed by atoms with Crippen LogP contribution in [0.5, 0.6) is 0 Å². The zero-order valence-corrected chi connectivity index (χ0v) is 26.5. The molecule has 0 bridgehead atoms. The molecule has 0 aromatic heterocycles. The van der Waals surface area contributed by atoms with Crippen molar-refractivity contribution in [3.05, 3.63) is 12.2 Å². The van der Waals surface area contributed by atoms with Gasteiger partial charge in [0.2, 0.25) is 5.91 Å². The average Bonchev–Trinajstić information content (AvgIpc) is 2.98. The molecule has 1 heterocycles. The fourth-order valence-corrected chi connectivity index (χ4v) is 5.27. The number of hydrogen-bond acceptors (Lipinski definition) is 8. The summed E-state index contributed by atoms with van der Waals surface area (Å²) in [5.74, 6) is -0.185. The molecule has 42 heavy (non-hydrogen) atoms. The van der Waals surface area contributed by atoms with Crippen molar-refractivity contribution in [3.8, 4) is 0 Å². The maximum Gasteiger partial charge on any atom is 0.220 e. The van der Waals surface area contributed by atoms with Gasteiger partial charge in [-0.25, -0.2) is 0 Å². The lowest BCUT2D eigenvalue weighted by Crippen LogP contribution is -2.60. The van der Waals surface area contributed by atoms with E-state index in [4.69, 9.17) is 9.47 Å². The minimum absolute atomic E-state index is 0.185. The summed E-state index contributed by atoms with van der Waals surface area (Å²) in [6.45, 7) is 3.63. The van der Waals surface area contributed by atoms with Crippen LogP contribution in [0.15, 0.2) is 12.2 Å². The Morgan fingerprint density at radius 1 is 0.786 bits per heavy atom. The summed E-state index contributed by atoms with van der Waals surface area (Å²) in [4.78, 5) is 12.7. The van der Waals surface area contributed by atoms with Crippen LogP contribution in [0.2, 0.25) is 0 Å². The highest BCUT2D eigenvalue weighted by Gasteiger charge is 2.44. The first-order chi connectivity index (χ1) is 20.3. The lowest BCUT2D eigenvalue weighted by atomic mass is 9.99. The average molecular weight is 602 g/mol. The molecule has 0 aromatic rings. The van der Waals surface area contributed by atoms with Gasteiger partial charge in [-0.3, -0.25) is 4.79 Å². The van der Waals surface area contributed by atoms with Crippen LogP contribution in [0.1, 0.15) is 136 Å². The summed E-state index contributed by atoms with van der Waals surface area (Å²) in [5.41, 5.74) is 0. The third-order valence-corrected chi connectivity index (χ3v) is 8.11. The molecule has 1 aliphatic rings. The number of unbranched alkanes of at least 4 members (excludes halogenated alkanes) is 16. The zero-order chi connectivity index (χ0) is 31.0. The van der Waals surface area contributed by atoms with Gasteiger partial charge in [-0.15, -0.1) is 0 Å². The van der Waals surface area contributed by atoms with Crippen LogP contribution in [-0.2, 0) is 14.3 Å². The molecule has 9 nitrogen and oxygen atoms in total. The van der Waals surface area contributed by atoms with E-state index in [1.165, 1.54) is 70.6 Å². The molecule has 0 aliphatic carbocycles. The number of aliphatic hydroxyl groups is 5. The summed E-state index contributed by atoms with van der Waals surface area (Å²) in [6.07, 6.45) is 17.3. The molecule has 0 aromatic carbocycles. The largest absolute Gasteiger partial charge is 0.394 e. The van der Waals surface area contributed by atoms with Gasteiger partial charge in [0.1, 0.15) is 24.4 Å². The standard InChI is InChI=1S/C33H63NO8/c1-3-5-7-9-10-11-12-13-14-15-16-17-19-21-23-29(37)34-26(27(36)22-20-18-8-6-4-2)25-41-33-32(40)31(39)30(38)28(24-35)42-33/h20,22,26-28,30-33,35-36,38-40H,3-19,21,23-25H2,1-2H3,(H,34,37)/b22-20+. The Hall–Kier alpha value is -1.07. The Labute approximate surface area is 255 Å². The fraction of sp³-hybridized carbons (Fsp3) is 0.909. The van der Waals surface area contributed by atoms with Gasteiger partial charge in [-0.1, -0.05) is 122 Å². The van der Waals surface area contributed by atoms with Crippen LogP contribution in [0.4, 0.5) is 0 Å². The lowest BCUT2D eigenvalue weighted by molar-refractivity contribution is -0.302. The second kappa shape index (κ2) is 25.3. The van der Waals surface area contributed by atoms with Crippen molar-refractivity contribution < 1.29 is 39.8 Å². The number of rotatable bonds is 26. The quantitative estimate of drug-likeness (QED) is 0.0620. The number of hydrogen-bond donors (Lipinski definition) is 6. The summed E-state index contributed by atoms with van der Waals surface area (Å²) in [7, 11) is 0. The third-order valence-electron chi connectivity index (χ3n) is 8.11. The van der Waals surface area contributed by atoms with Gasteiger partial charge < -0.3 is 40.3 Å². The van der Waals surface area contributed by atoms with Gasteiger partial charge in [-0.2, -0.15) is 0 Å². The number of aliphatic hydroxyl groups excluding tert-OH is 5. The maximum absolute atomic E-state index is 12.7. The number of nitrogens with one attached hydrogen (secondary N) is 1. The molecule has 248 valence electrons. The molecule has 6 N–H and O–H groups in total. The second-order valence-electron chi connectivity index (χ2n) is 12.0. The Morgan fingerprint density at radius 3 is 1.86 bits per heavy atom. The number of allylic oxidation sites excluding steroid dienone is 1. The van der Waals surface area contributed by atoms with E-state index in [1.807, 2.05) is 6.08 Å². The van der Waals surface area contributed by atoms with Crippen molar-refractivity contribution in [1.82, 2.24) is 5.32 Å². The van der Waals surface area contributed by atoms with Gasteiger partial charge in [0, 0.05) is 6.42 Å². The van der Waals surface area contributed by atoms with E-state index in [1.54, 1.807) is 6.08 Å². The maximum atomic E-state index is 12.7. The molecule has 0 saturated carbocycles. The van der Waals surface area contributed by atoms with Gasteiger partial charge in [-0.05, 0) is 19.3 Å². The van der Waals surface area contributed by atoms with Crippen molar-refractivity contribution >= 4 is 5.91 Å². The van der Waals surface area contributed by atoms with Gasteiger partial charge in [0.05, 0.1) is 25.4 Å². The van der Waals surface area contributed by atoms with Gasteiger partial charge in [0.15, 0.2) is 6.29 Å². The van der Waals surface area contributed by atoms with Crippen LogP contribution in [0.3, 0.4) is 0 Å². The molecule has 1 amide bonds. The predicted octanol–water partition coefficient (Wildman–Crippen LogP) is 4.66. The van der Waals surface area contributed by atoms with Crippen LogP contribution in [-0.4, -0.2) is 87.5 Å². The Morgan fingerprint density at radius 2 is 1.31 bits per heavy atom. The molecular weight excluding hydrogens is 538 g/mol. The minimum Gasteiger partial charge on any atom is -0.394 e.